The quantitative estimate of drug-likeness (QED) is 0.589. The average Bonchev–Trinajstić information content (AvgIpc) is 3.67. The van der Waals surface area contributed by atoms with E-state index in [0.29, 0.717) is 35.5 Å². The fourth-order valence-corrected chi connectivity index (χ4v) is 6.50. The van der Waals surface area contributed by atoms with Crippen molar-refractivity contribution in [2.45, 2.75) is 66.9 Å². The molecule has 1 aromatic heterocycles. The molecule has 1 heterocycles. The monoisotopic (exact) mass is 475 g/mol. The average molecular weight is 476 g/mol. The van der Waals surface area contributed by atoms with Crippen LogP contribution in [-0.2, 0) is 21.7 Å². The Kier molecular flexibility index (Phi) is 5.42. The van der Waals surface area contributed by atoms with Crippen LogP contribution in [0.5, 0.6) is 0 Å². The Bertz CT molecular complexity index is 1230. The first kappa shape index (κ1) is 22.3. The van der Waals surface area contributed by atoms with Gasteiger partial charge in [0.15, 0.2) is 15.7 Å². The van der Waals surface area contributed by atoms with Crippen molar-refractivity contribution in [1.29, 1.82) is 0 Å². The number of hydrogen-bond acceptors (Lipinski definition) is 4. The van der Waals surface area contributed by atoms with Crippen LogP contribution in [0.2, 0.25) is 0 Å². The Morgan fingerprint density at radius 2 is 1.94 bits per heavy atom. The Hall–Kier alpha value is -2.55. The number of anilines is 1. The van der Waals surface area contributed by atoms with Crippen molar-refractivity contribution in [3.8, 4) is 0 Å². The van der Waals surface area contributed by atoms with Gasteiger partial charge < -0.3 is 5.32 Å². The highest BCUT2D eigenvalue weighted by atomic mass is 32.2. The predicted octanol–water partition coefficient (Wildman–Crippen LogP) is 4.69. The lowest BCUT2D eigenvalue weighted by molar-refractivity contribution is -0.111. The van der Waals surface area contributed by atoms with Crippen molar-refractivity contribution in [3.63, 3.8) is 0 Å². The lowest BCUT2D eigenvalue weighted by Gasteiger charge is -2.15. The van der Waals surface area contributed by atoms with E-state index in [1.54, 1.807) is 48.3 Å². The summed E-state index contributed by atoms with van der Waals surface area (Å²) in [4.78, 5) is 13.6. The summed E-state index contributed by atoms with van der Waals surface area (Å²) in [5.74, 6) is -3.08. The molecule has 3 aliphatic carbocycles. The molecule has 0 bridgehead atoms. The zero-order valence-corrected chi connectivity index (χ0v) is 19.2. The van der Waals surface area contributed by atoms with Crippen molar-refractivity contribution in [1.82, 2.24) is 9.78 Å². The summed E-state index contributed by atoms with van der Waals surface area (Å²) in [6.07, 6.45) is 6.31. The second-order valence-electron chi connectivity index (χ2n) is 9.54. The van der Waals surface area contributed by atoms with E-state index < -0.39 is 27.6 Å². The highest BCUT2D eigenvalue weighted by Crippen LogP contribution is 2.47. The molecule has 3 aliphatic rings. The van der Waals surface area contributed by atoms with Crippen LogP contribution in [0, 0.1) is 5.92 Å². The number of alkyl halides is 2. The van der Waals surface area contributed by atoms with E-state index in [9.17, 15) is 22.0 Å². The van der Waals surface area contributed by atoms with Gasteiger partial charge in [0, 0.05) is 37.7 Å². The van der Waals surface area contributed by atoms with Crippen LogP contribution in [0.4, 0.5) is 14.6 Å². The summed E-state index contributed by atoms with van der Waals surface area (Å²) in [5.41, 5.74) is 1.57. The standard InChI is InChI=1S/C24H27F2N3O3S/c1-29-11-9-22(28-29)27-23(30)20(12-15-8-10-24(25,26)14-15)17-4-7-21(19(13-17)16-2-3-16)33(31,32)18-5-6-18/h4,7,9,11-13,15-16,18H,2-3,5-6,8,10,14H2,1H3,(H,27,28,30)/t15-/m1/s1. The Balaban J connectivity index is 1.53. The van der Waals surface area contributed by atoms with Crippen molar-refractivity contribution >= 4 is 27.1 Å². The SMILES string of the molecule is Cn1ccc(NC(=O)C(=C[C@H]2CCC(F)(F)C2)c2ccc(S(=O)(=O)C3CC3)c(C3CC3)c2)n1. The molecule has 9 heteroatoms. The van der Waals surface area contributed by atoms with Gasteiger partial charge in [-0.3, -0.25) is 9.48 Å². The molecular weight excluding hydrogens is 448 g/mol. The molecule has 1 aromatic carbocycles. The second kappa shape index (κ2) is 8.04. The van der Waals surface area contributed by atoms with Crippen LogP contribution in [0.25, 0.3) is 5.57 Å². The minimum atomic E-state index is -3.38. The van der Waals surface area contributed by atoms with E-state index in [1.165, 1.54) is 0 Å². The van der Waals surface area contributed by atoms with Crippen LogP contribution in [0.1, 0.15) is 62.0 Å². The number of hydrogen-bond donors (Lipinski definition) is 1. The smallest absolute Gasteiger partial charge is 0.257 e. The number of nitrogens with zero attached hydrogens (tertiary/aromatic N) is 2. The van der Waals surface area contributed by atoms with Gasteiger partial charge in [-0.1, -0.05) is 12.1 Å². The lowest BCUT2D eigenvalue weighted by Crippen LogP contribution is -2.16. The summed E-state index contributed by atoms with van der Waals surface area (Å²) < 4.78 is 55.2. The third kappa shape index (κ3) is 4.74. The molecule has 1 atom stereocenters. The largest absolute Gasteiger partial charge is 0.305 e. The number of carbonyl (C=O) groups is 1. The van der Waals surface area contributed by atoms with Gasteiger partial charge in [-0.2, -0.15) is 5.10 Å². The molecule has 33 heavy (non-hydrogen) atoms. The van der Waals surface area contributed by atoms with Crippen molar-refractivity contribution in [2.24, 2.45) is 13.0 Å². The molecule has 1 amide bonds. The van der Waals surface area contributed by atoms with Crippen molar-refractivity contribution in [3.05, 3.63) is 47.7 Å². The number of aromatic nitrogens is 2. The molecule has 0 spiro atoms. The number of carbonyl (C=O) groups excluding carboxylic acids is 1. The van der Waals surface area contributed by atoms with Gasteiger partial charge in [-0.15, -0.1) is 0 Å². The highest BCUT2D eigenvalue weighted by molar-refractivity contribution is 7.92. The molecule has 1 N–H and O–H groups in total. The summed E-state index contributed by atoms with van der Waals surface area (Å²) >= 11 is 0. The van der Waals surface area contributed by atoms with E-state index >= 15 is 0 Å². The van der Waals surface area contributed by atoms with Crippen LogP contribution >= 0.6 is 0 Å². The zero-order chi connectivity index (χ0) is 23.4. The topological polar surface area (TPSA) is 81.1 Å². The number of amides is 1. The second-order valence-corrected chi connectivity index (χ2v) is 11.7. The van der Waals surface area contributed by atoms with Crippen LogP contribution in [0.3, 0.4) is 0 Å². The van der Waals surface area contributed by atoms with Crippen molar-refractivity contribution in [2.75, 3.05) is 5.32 Å². The first-order valence-electron chi connectivity index (χ1n) is 11.4. The Morgan fingerprint density at radius 1 is 1.18 bits per heavy atom. The van der Waals surface area contributed by atoms with E-state index in [0.717, 1.165) is 18.4 Å². The molecule has 0 unspecified atom stereocenters. The summed E-state index contributed by atoms with van der Waals surface area (Å²) in [6, 6.07) is 6.67. The minimum absolute atomic E-state index is 0.157. The molecule has 0 saturated heterocycles. The van der Waals surface area contributed by atoms with Gasteiger partial charge in [-0.05, 0) is 67.2 Å². The van der Waals surface area contributed by atoms with Gasteiger partial charge in [0.25, 0.3) is 5.91 Å². The molecule has 3 saturated carbocycles. The predicted molar refractivity (Wildman–Crippen MR) is 121 cm³/mol. The van der Waals surface area contributed by atoms with Crippen LogP contribution in [0.15, 0.2) is 41.4 Å². The summed E-state index contributed by atoms with van der Waals surface area (Å²) in [5, 5.41) is 6.60. The molecule has 0 radical (unpaired) electrons. The molecule has 2 aromatic rings. The third-order valence-corrected chi connectivity index (χ3v) is 8.99. The normalized spacial score (nSPS) is 23.0. The minimum Gasteiger partial charge on any atom is -0.305 e. The fraction of sp³-hybridized carbons (Fsp3) is 0.500. The van der Waals surface area contributed by atoms with Gasteiger partial charge >= 0.3 is 0 Å². The van der Waals surface area contributed by atoms with Crippen molar-refractivity contribution < 1.29 is 22.0 Å². The fourth-order valence-electron chi connectivity index (χ4n) is 4.58. The van der Waals surface area contributed by atoms with Gasteiger partial charge in [0.2, 0.25) is 5.92 Å². The first-order chi connectivity index (χ1) is 15.6. The number of benzene rings is 1. The molecule has 6 nitrogen and oxygen atoms in total. The summed E-state index contributed by atoms with van der Waals surface area (Å²) in [7, 11) is -1.65. The van der Waals surface area contributed by atoms with Crippen LogP contribution < -0.4 is 5.32 Å². The van der Waals surface area contributed by atoms with E-state index in [2.05, 4.69) is 10.4 Å². The van der Waals surface area contributed by atoms with Crippen LogP contribution in [-0.4, -0.2) is 35.3 Å². The van der Waals surface area contributed by atoms with E-state index in [1.807, 2.05) is 0 Å². The third-order valence-electron chi connectivity index (χ3n) is 6.65. The molecule has 3 fully saturated rings. The first-order valence-corrected chi connectivity index (χ1v) is 13.0. The number of halogens is 2. The maximum atomic E-state index is 13.8. The number of sulfone groups is 1. The number of rotatable bonds is 7. The zero-order valence-electron chi connectivity index (χ0n) is 18.4. The molecular formula is C24H27F2N3O3S. The summed E-state index contributed by atoms with van der Waals surface area (Å²) in [6.45, 7) is 0. The molecule has 5 rings (SSSR count). The van der Waals surface area contributed by atoms with Gasteiger partial charge in [0.1, 0.15) is 0 Å². The van der Waals surface area contributed by atoms with Gasteiger partial charge in [-0.25, -0.2) is 17.2 Å². The maximum Gasteiger partial charge on any atom is 0.257 e. The Labute approximate surface area is 192 Å². The molecule has 0 aliphatic heterocycles. The Morgan fingerprint density at radius 3 is 2.52 bits per heavy atom. The number of aryl methyl sites for hydroxylation is 1. The van der Waals surface area contributed by atoms with Gasteiger partial charge in [0.05, 0.1) is 10.1 Å². The van der Waals surface area contributed by atoms with E-state index in [4.69, 9.17) is 0 Å². The number of allylic oxidation sites excluding steroid dienone is 1. The highest BCUT2D eigenvalue weighted by Gasteiger charge is 2.41. The molecule has 176 valence electrons. The maximum absolute atomic E-state index is 13.8. The van der Waals surface area contributed by atoms with E-state index in [-0.39, 0.29) is 29.6 Å². The lowest BCUT2D eigenvalue weighted by atomic mass is 9.95. The number of nitrogens with one attached hydrogen (secondary N) is 1.